The number of rotatable bonds is 7. The van der Waals surface area contributed by atoms with E-state index >= 15 is 0 Å². The fourth-order valence-electron chi connectivity index (χ4n) is 3.44. The maximum Gasteiger partial charge on any atom is 0.251 e. The first-order valence-corrected chi connectivity index (χ1v) is 10.5. The highest BCUT2D eigenvalue weighted by Gasteiger charge is 2.21. The van der Waals surface area contributed by atoms with Crippen molar-refractivity contribution in [1.29, 1.82) is 0 Å². The van der Waals surface area contributed by atoms with E-state index in [1.165, 1.54) is 5.56 Å². The molecule has 1 saturated heterocycles. The zero-order valence-electron chi connectivity index (χ0n) is 16.5. The van der Waals surface area contributed by atoms with E-state index in [2.05, 4.69) is 43.6 Å². The van der Waals surface area contributed by atoms with Gasteiger partial charge in [-0.15, -0.1) is 0 Å². The molecule has 1 heterocycles. The molecule has 29 heavy (non-hydrogen) atoms. The van der Waals surface area contributed by atoms with Crippen molar-refractivity contribution in [3.05, 3.63) is 64.1 Å². The van der Waals surface area contributed by atoms with Gasteiger partial charge >= 0.3 is 0 Å². The number of hydrogen-bond donors (Lipinski definition) is 2. The highest BCUT2D eigenvalue weighted by atomic mass is 79.9. The van der Waals surface area contributed by atoms with Crippen LogP contribution in [-0.4, -0.2) is 49.5 Å². The number of amides is 2. The summed E-state index contributed by atoms with van der Waals surface area (Å²) in [5, 5.41) is 5.70. The van der Waals surface area contributed by atoms with Crippen LogP contribution in [0.15, 0.2) is 53.0 Å². The number of carbonyl (C=O) groups is 2. The summed E-state index contributed by atoms with van der Waals surface area (Å²) in [4.78, 5) is 26.7. The second kappa shape index (κ2) is 10.4. The predicted octanol–water partition coefficient (Wildman–Crippen LogP) is 2.97. The van der Waals surface area contributed by atoms with E-state index in [9.17, 15) is 9.59 Å². The van der Waals surface area contributed by atoms with Crippen molar-refractivity contribution in [2.24, 2.45) is 0 Å². The molecule has 2 aromatic carbocycles. The van der Waals surface area contributed by atoms with Crippen LogP contribution in [0.5, 0.6) is 5.75 Å². The van der Waals surface area contributed by atoms with E-state index in [4.69, 9.17) is 4.74 Å². The molecule has 1 aliphatic rings. The van der Waals surface area contributed by atoms with E-state index < -0.39 is 0 Å². The van der Waals surface area contributed by atoms with Gasteiger partial charge in [-0.1, -0.05) is 34.1 Å². The van der Waals surface area contributed by atoms with Gasteiger partial charge in [0, 0.05) is 35.7 Å². The summed E-state index contributed by atoms with van der Waals surface area (Å²) < 4.78 is 6.11. The van der Waals surface area contributed by atoms with Crippen LogP contribution in [0.1, 0.15) is 28.8 Å². The molecule has 0 aromatic heterocycles. The lowest BCUT2D eigenvalue weighted by molar-refractivity contribution is -0.121. The quantitative estimate of drug-likeness (QED) is 0.667. The standard InChI is InChI=1S/C22H26BrN3O3/c1-29-20-7-2-4-16(12-20)15-26-10-8-19(9-11-26)25-21(27)14-24-22(28)17-5-3-6-18(23)13-17/h2-7,12-13,19H,8-11,14-15H2,1H3,(H,24,28)(H,25,27). The van der Waals surface area contributed by atoms with Gasteiger partial charge in [0.05, 0.1) is 13.7 Å². The summed E-state index contributed by atoms with van der Waals surface area (Å²) in [6.07, 6.45) is 1.80. The van der Waals surface area contributed by atoms with Crippen LogP contribution in [0.3, 0.4) is 0 Å². The Balaban J connectivity index is 1.38. The number of piperidine rings is 1. The number of benzene rings is 2. The van der Waals surface area contributed by atoms with E-state index in [0.717, 1.165) is 42.7 Å². The van der Waals surface area contributed by atoms with E-state index in [1.54, 1.807) is 25.3 Å². The Morgan fingerprint density at radius 2 is 1.90 bits per heavy atom. The van der Waals surface area contributed by atoms with Gasteiger partial charge < -0.3 is 15.4 Å². The Labute approximate surface area is 179 Å². The van der Waals surface area contributed by atoms with Crippen molar-refractivity contribution in [2.45, 2.75) is 25.4 Å². The molecule has 0 atom stereocenters. The Hall–Kier alpha value is -2.38. The molecule has 0 saturated carbocycles. The average Bonchev–Trinajstić information content (AvgIpc) is 2.73. The van der Waals surface area contributed by atoms with E-state index in [-0.39, 0.29) is 24.4 Å². The average molecular weight is 460 g/mol. The van der Waals surface area contributed by atoms with Gasteiger partial charge in [-0.2, -0.15) is 0 Å². The van der Waals surface area contributed by atoms with E-state index in [1.807, 2.05) is 18.2 Å². The third-order valence-electron chi connectivity index (χ3n) is 4.99. The molecule has 0 spiro atoms. The van der Waals surface area contributed by atoms with Crippen LogP contribution >= 0.6 is 15.9 Å². The molecule has 2 aromatic rings. The van der Waals surface area contributed by atoms with E-state index in [0.29, 0.717) is 5.56 Å². The summed E-state index contributed by atoms with van der Waals surface area (Å²) in [5.74, 6) is 0.462. The van der Waals surface area contributed by atoms with Gasteiger partial charge in [0.25, 0.3) is 5.91 Å². The Kier molecular flexibility index (Phi) is 7.66. The number of nitrogens with zero attached hydrogens (tertiary/aromatic N) is 1. The number of likely N-dealkylation sites (tertiary alicyclic amines) is 1. The fraction of sp³-hybridized carbons (Fsp3) is 0.364. The molecule has 0 aliphatic carbocycles. The van der Waals surface area contributed by atoms with Crippen molar-refractivity contribution in [3.8, 4) is 5.75 Å². The number of hydrogen-bond acceptors (Lipinski definition) is 4. The number of methoxy groups -OCH3 is 1. The van der Waals surface area contributed by atoms with Crippen LogP contribution in [0.4, 0.5) is 0 Å². The lowest BCUT2D eigenvalue weighted by Gasteiger charge is -2.32. The van der Waals surface area contributed by atoms with Gasteiger partial charge in [-0.05, 0) is 48.7 Å². The minimum Gasteiger partial charge on any atom is -0.497 e. The minimum atomic E-state index is -0.255. The number of carbonyl (C=O) groups excluding carboxylic acids is 2. The molecule has 0 unspecified atom stereocenters. The van der Waals surface area contributed by atoms with Gasteiger partial charge in [0.2, 0.25) is 5.91 Å². The van der Waals surface area contributed by atoms with Gasteiger partial charge in [-0.25, -0.2) is 0 Å². The largest absolute Gasteiger partial charge is 0.497 e. The maximum atomic E-state index is 12.2. The van der Waals surface area contributed by atoms with Crippen LogP contribution in [0.25, 0.3) is 0 Å². The number of nitrogens with one attached hydrogen (secondary N) is 2. The number of halogens is 1. The Bertz CT molecular complexity index is 851. The van der Waals surface area contributed by atoms with Crippen LogP contribution in [-0.2, 0) is 11.3 Å². The second-order valence-corrected chi connectivity index (χ2v) is 8.08. The fourth-order valence-corrected chi connectivity index (χ4v) is 3.83. The van der Waals surface area contributed by atoms with Crippen molar-refractivity contribution in [3.63, 3.8) is 0 Å². The molecule has 154 valence electrons. The summed E-state index contributed by atoms with van der Waals surface area (Å²) in [5.41, 5.74) is 1.75. The summed E-state index contributed by atoms with van der Waals surface area (Å²) >= 11 is 3.34. The SMILES string of the molecule is COc1cccc(CN2CCC(NC(=O)CNC(=O)c3cccc(Br)c3)CC2)c1. The smallest absolute Gasteiger partial charge is 0.251 e. The van der Waals surface area contributed by atoms with Crippen molar-refractivity contribution >= 4 is 27.7 Å². The first-order chi connectivity index (χ1) is 14.0. The second-order valence-electron chi connectivity index (χ2n) is 7.16. The first-order valence-electron chi connectivity index (χ1n) is 9.72. The van der Waals surface area contributed by atoms with Crippen molar-refractivity contribution in [2.75, 3.05) is 26.7 Å². The third-order valence-corrected chi connectivity index (χ3v) is 5.48. The van der Waals surface area contributed by atoms with Gasteiger partial charge in [0.1, 0.15) is 5.75 Å². The third kappa shape index (κ3) is 6.58. The summed E-state index contributed by atoms with van der Waals surface area (Å²) in [7, 11) is 1.68. The highest BCUT2D eigenvalue weighted by molar-refractivity contribution is 9.10. The van der Waals surface area contributed by atoms with Crippen molar-refractivity contribution in [1.82, 2.24) is 15.5 Å². The van der Waals surface area contributed by atoms with Crippen molar-refractivity contribution < 1.29 is 14.3 Å². The van der Waals surface area contributed by atoms with Gasteiger partial charge in [0.15, 0.2) is 0 Å². The van der Waals surface area contributed by atoms with Crippen LogP contribution in [0.2, 0.25) is 0 Å². The minimum absolute atomic E-state index is 0.0185. The normalized spacial score (nSPS) is 15.0. The Morgan fingerprint density at radius 3 is 2.62 bits per heavy atom. The lowest BCUT2D eigenvalue weighted by Crippen LogP contribution is -2.47. The molecule has 0 radical (unpaired) electrons. The van der Waals surface area contributed by atoms with Crippen LogP contribution < -0.4 is 15.4 Å². The Morgan fingerprint density at radius 1 is 1.14 bits per heavy atom. The van der Waals surface area contributed by atoms with Gasteiger partial charge in [-0.3, -0.25) is 14.5 Å². The highest BCUT2D eigenvalue weighted by Crippen LogP contribution is 2.17. The topological polar surface area (TPSA) is 70.7 Å². The molecule has 1 aliphatic heterocycles. The molecule has 1 fully saturated rings. The molecule has 0 bridgehead atoms. The molecular formula is C22H26BrN3O3. The molecule has 3 rings (SSSR count). The summed E-state index contributed by atoms with van der Waals surface area (Å²) in [6.45, 7) is 2.70. The number of ether oxygens (including phenoxy) is 1. The monoisotopic (exact) mass is 459 g/mol. The molecule has 2 N–H and O–H groups in total. The van der Waals surface area contributed by atoms with Crippen LogP contribution in [0, 0.1) is 0 Å². The zero-order chi connectivity index (χ0) is 20.6. The molecule has 7 heteroatoms. The first kappa shape index (κ1) is 21.3. The zero-order valence-corrected chi connectivity index (χ0v) is 18.1. The maximum absolute atomic E-state index is 12.2. The lowest BCUT2D eigenvalue weighted by atomic mass is 10.0. The predicted molar refractivity (Wildman–Crippen MR) is 116 cm³/mol. The molecule has 2 amide bonds. The molecular weight excluding hydrogens is 434 g/mol. The summed E-state index contributed by atoms with van der Waals surface area (Å²) in [6, 6.07) is 15.3. The molecule has 6 nitrogen and oxygen atoms in total.